The molecule has 14 heavy (non-hydrogen) atoms. The van der Waals surface area contributed by atoms with E-state index in [2.05, 4.69) is 10.3 Å². The van der Waals surface area contributed by atoms with E-state index >= 15 is 0 Å². The van der Waals surface area contributed by atoms with Crippen molar-refractivity contribution in [3.8, 4) is 5.88 Å². The predicted octanol–water partition coefficient (Wildman–Crippen LogP) is 0.281. The van der Waals surface area contributed by atoms with Crippen molar-refractivity contribution in [2.24, 2.45) is 5.73 Å². The Bertz CT molecular complexity index is 280. The Morgan fingerprint density at radius 1 is 1.57 bits per heavy atom. The highest BCUT2D eigenvalue weighted by atomic mass is 16.5. The van der Waals surface area contributed by atoms with Crippen molar-refractivity contribution in [1.82, 2.24) is 10.3 Å². The third-order valence-electron chi connectivity index (χ3n) is 2.34. The fourth-order valence-electron chi connectivity index (χ4n) is 1.50. The first kappa shape index (κ1) is 9.43. The third-order valence-corrected chi connectivity index (χ3v) is 2.34. The molecule has 1 saturated heterocycles. The number of rotatable bonds is 3. The summed E-state index contributed by atoms with van der Waals surface area (Å²) >= 11 is 0. The quantitative estimate of drug-likeness (QED) is 0.724. The van der Waals surface area contributed by atoms with Crippen LogP contribution in [-0.2, 0) is 6.54 Å². The SMILES string of the molecule is NCc1ccc(OC2CCNC2)nc1. The van der Waals surface area contributed by atoms with E-state index in [0.29, 0.717) is 12.4 Å². The lowest BCUT2D eigenvalue weighted by atomic mass is 10.3. The number of hydrogen-bond donors (Lipinski definition) is 2. The van der Waals surface area contributed by atoms with E-state index in [1.165, 1.54) is 0 Å². The van der Waals surface area contributed by atoms with Gasteiger partial charge in [-0.2, -0.15) is 0 Å². The largest absolute Gasteiger partial charge is 0.473 e. The molecule has 0 saturated carbocycles. The molecule has 4 heteroatoms. The standard InChI is InChI=1S/C10H15N3O/c11-5-8-1-2-10(13-6-8)14-9-3-4-12-7-9/h1-2,6,9,12H,3-5,7,11H2. The molecule has 1 fully saturated rings. The Hall–Kier alpha value is -1.13. The first-order valence-corrected chi connectivity index (χ1v) is 4.91. The molecule has 2 heterocycles. The van der Waals surface area contributed by atoms with Gasteiger partial charge in [-0.15, -0.1) is 0 Å². The van der Waals surface area contributed by atoms with E-state index < -0.39 is 0 Å². The lowest BCUT2D eigenvalue weighted by Gasteiger charge is -2.11. The van der Waals surface area contributed by atoms with Crippen LogP contribution in [0.4, 0.5) is 0 Å². The van der Waals surface area contributed by atoms with E-state index in [1.807, 2.05) is 12.1 Å². The Balaban J connectivity index is 1.95. The summed E-state index contributed by atoms with van der Waals surface area (Å²) in [6.07, 6.45) is 3.09. The second-order valence-corrected chi connectivity index (χ2v) is 3.44. The zero-order valence-corrected chi connectivity index (χ0v) is 8.07. The van der Waals surface area contributed by atoms with Gasteiger partial charge in [0.1, 0.15) is 6.10 Å². The molecule has 0 bridgehead atoms. The molecule has 1 atom stereocenters. The normalized spacial score (nSPS) is 21.1. The van der Waals surface area contributed by atoms with E-state index in [9.17, 15) is 0 Å². The number of hydrogen-bond acceptors (Lipinski definition) is 4. The van der Waals surface area contributed by atoms with Crippen molar-refractivity contribution in [2.45, 2.75) is 19.1 Å². The van der Waals surface area contributed by atoms with Gasteiger partial charge in [-0.1, -0.05) is 6.07 Å². The molecule has 0 aromatic carbocycles. The van der Waals surface area contributed by atoms with Gasteiger partial charge < -0.3 is 15.8 Å². The van der Waals surface area contributed by atoms with E-state index in [-0.39, 0.29) is 6.10 Å². The fourth-order valence-corrected chi connectivity index (χ4v) is 1.50. The summed E-state index contributed by atoms with van der Waals surface area (Å²) in [6.45, 7) is 2.48. The lowest BCUT2D eigenvalue weighted by molar-refractivity contribution is 0.214. The van der Waals surface area contributed by atoms with Crippen LogP contribution < -0.4 is 15.8 Å². The summed E-state index contributed by atoms with van der Waals surface area (Å²) in [6, 6.07) is 3.82. The summed E-state index contributed by atoms with van der Waals surface area (Å²) in [5, 5.41) is 3.24. The molecule has 0 aliphatic carbocycles. The van der Waals surface area contributed by atoms with Gasteiger partial charge in [-0.05, 0) is 18.5 Å². The molecule has 0 amide bonds. The fraction of sp³-hybridized carbons (Fsp3) is 0.500. The topological polar surface area (TPSA) is 60.2 Å². The molecule has 1 aliphatic heterocycles. The minimum absolute atomic E-state index is 0.270. The Morgan fingerprint density at radius 3 is 3.07 bits per heavy atom. The highest BCUT2D eigenvalue weighted by Crippen LogP contribution is 2.12. The van der Waals surface area contributed by atoms with Gasteiger partial charge in [-0.25, -0.2) is 4.98 Å². The predicted molar refractivity (Wildman–Crippen MR) is 54.0 cm³/mol. The van der Waals surface area contributed by atoms with Crippen LogP contribution in [0, 0.1) is 0 Å². The zero-order valence-electron chi connectivity index (χ0n) is 8.07. The molecule has 4 nitrogen and oxygen atoms in total. The Kier molecular flexibility index (Phi) is 2.96. The number of pyridine rings is 1. The van der Waals surface area contributed by atoms with E-state index in [0.717, 1.165) is 25.1 Å². The van der Waals surface area contributed by atoms with E-state index in [4.69, 9.17) is 10.5 Å². The average Bonchev–Trinajstić information content (AvgIpc) is 2.72. The Labute approximate surface area is 83.5 Å². The summed E-state index contributed by atoms with van der Waals surface area (Å²) in [7, 11) is 0. The monoisotopic (exact) mass is 193 g/mol. The molecule has 1 unspecified atom stereocenters. The molecule has 2 rings (SSSR count). The number of nitrogens with two attached hydrogens (primary N) is 1. The van der Waals surface area contributed by atoms with Crippen LogP contribution in [0.1, 0.15) is 12.0 Å². The van der Waals surface area contributed by atoms with Crippen molar-refractivity contribution in [2.75, 3.05) is 13.1 Å². The van der Waals surface area contributed by atoms with Crippen LogP contribution in [-0.4, -0.2) is 24.2 Å². The summed E-state index contributed by atoms with van der Waals surface area (Å²) in [5.41, 5.74) is 6.50. The van der Waals surface area contributed by atoms with Crippen molar-refractivity contribution in [1.29, 1.82) is 0 Å². The zero-order chi connectivity index (χ0) is 9.80. The van der Waals surface area contributed by atoms with Crippen LogP contribution >= 0.6 is 0 Å². The minimum Gasteiger partial charge on any atom is -0.473 e. The average molecular weight is 193 g/mol. The summed E-state index contributed by atoms with van der Waals surface area (Å²) in [5.74, 6) is 0.691. The third kappa shape index (κ3) is 2.21. The van der Waals surface area contributed by atoms with Crippen LogP contribution in [0.2, 0.25) is 0 Å². The number of nitrogens with zero attached hydrogens (tertiary/aromatic N) is 1. The second-order valence-electron chi connectivity index (χ2n) is 3.44. The number of aromatic nitrogens is 1. The molecular formula is C10H15N3O. The lowest BCUT2D eigenvalue weighted by Crippen LogP contribution is -2.20. The summed E-state index contributed by atoms with van der Waals surface area (Å²) in [4.78, 5) is 4.18. The summed E-state index contributed by atoms with van der Waals surface area (Å²) < 4.78 is 5.66. The highest BCUT2D eigenvalue weighted by molar-refractivity contribution is 5.17. The molecule has 76 valence electrons. The van der Waals surface area contributed by atoms with Gasteiger partial charge in [0.15, 0.2) is 0 Å². The maximum Gasteiger partial charge on any atom is 0.213 e. The van der Waals surface area contributed by atoms with Gasteiger partial charge in [-0.3, -0.25) is 0 Å². The second kappa shape index (κ2) is 4.39. The van der Waals surface area contributed by atoms with Crippen LogP contribution in [0.25, 0.3) is 0 Å². The van der Waals surface area contributed by atoms with Crippen LogP contribution in [0.15, 0.2) is 18.3 Å². The van der Waals surface area contributed by atoms with Crippen molar-refractivity contribution in [3.63, 3.8) is 0 Å². The van der Waals surface area contributed by atoms with Gasteiger partial charge in [0.2, 0.25) is 5.88 Å². The van der Waals surface area contributed by atoms with Crippen LogP contribution in [0.5, 0.6) is 5.88 Å². The smallest absolute Gasteiger partial charge is 0.213 e. The molecule has 1 aromatic rings. The number of nitrogens with one attached hydrogen (secondary N) is 1. The number of ether oxygens (including phenoxy) is 1. The van der Waals surface area contributed by atoms with Gasteiger partial charge in [0.25, 0.3) is 0 Å². The Morgan fingerprint density at radius 2 is 2.50 bits per heavy atom. The molecule has 1 aliphatic rings. The molecule has 0 spiro atoms. The van der Waals surface area contributed by atoms with Crippen molar-refractivity contribution in [3.05, 3.63) is 23.9 Å². The van der Waals surface area contributed by atoms with Gasteiger partial charge in [0.05, 0.1) is 0 Å². The van der Waals surface area contributed by atoms with Crippen molar-refractivity contribution >= 4 is 0 Å². The maximum absolute atomic E-state index is 5.66. The van der Waals surface area contributed by atoms with E-state index in [1.54, 1.807) is 6.20 Å². The van der Waals surface area contributed by atoms with Gasteiger partial charge in [0, 0.05) is 25.4 Å². The first-order chi connectivity index (χ1) is 6.88. The molecule has 0 radical (unpaired) electrons. The van der Waals surface area contributed by atoms with Crippen LogP contribution in [0.3, 0.4) is 0 Å². The molecule has 3 N–H and O–H groups in total. The first-order valence-electron chi connectivity index (χ1n) is 4.91. The molecule has 1 aromatic heterocycles. The minimum atomic E-state index is 0.270. The highest BCUT2D eigenvalue weighted by Gasteiger charge is 2.15. The molecular weight excluding hydrogens is 178 g/mol. The van der Waals surface area contributed by atoms with Crippen molar-refractivity contribution < 1.29 is 4.74 Å². The van der Waals surface area contributed by atoms with Gasteiger partial charge >= 0.3 is 0 Å². The maximum atomic E-state index is 5.66.